The average Bonchev–Trinajstić information content (AvgIpc) is 1.61. The Morgan fingerprint density at radius 1 is 1.75 bits per heavy atom. The number of ether oxygens (including phenoxy) is 1. The summed E-state index contributed by atoms with van der Waals surface area (Å²) in [5, 5.41) is 8.04. The van der Waals surface area contributed by atoms with Crippen LogP contribution in [0.1, 0.15) is 6.92 Å². The molecule has 2 radical (unpaired) electrons. The fraction of sp³-hybridized carbons (Fsp3) is 0.750. The van der Waals surface area contributed by atoms with Gasteiger partial charge in [0, 0.05) is 6.92 Å². The molecule has 0 unspecified atom stereocenters. The average molecular weight is 313 g/mol. The molecule has 0 aromatic heterocycles. The monoisotopic (exact) mass is 314 g/mol. The predicted octanol–water partition coefficient (Wildman–Crippen LogP) is -1.37. The molecule has 8 heavy (non-hydrogen) atoms. The number of hydrogen-bond donors (Lipinski definition) is 1. The van der Waals surface area contributed by atoms with Crippen LogP contribution in [-0.2, 0) is 9.53 Å². The third-order valence-electron chi connectivity index (χ3n) is 0.397. The Bertz CT molecular complexity index is 64.3. The summed E-state index contributed by atoms with van der Waals surface area (Å²) in [4.78, 5) is 9.87. The normalized spacial score (nSPS) is 7.25. The Kier molecular flexibility index (Phi) is 10.3. The van der Waals surface area contributed by atoms with Gasteiger partial charge < -0.3 is 9.84 Å². The van der Waals surface area contributed by atoms with Crippen molar-refractivity contribution in [2.24, 2.45) is 0 Å². The maximum atomic E-state index is 9.87. The molecule has 4 heteroatoms. The zero-order chi connectivity index (χ0) is 5.70. The second kappa shape index (κ2) is 7.35. The summed E-state index contributed by atoms with van der Waals surface area (Å²) in [7, 11) is 0. The van der Waals surface area contributed by atoms with Crippen molar-refractivity contribution in [3.05, 3.63) is 0 Å². The molecule has 0 amide bonds. The van der Waals surface area contributed by atoms with Gasteiger partial charge in [0.05, 0.1) is 6.61 Å². The van der Waals surface area contributed by atoms with E-state index in [1.807, 2.05) is 0 Å². The van der Waals surface area contributed by atoms with E-state index in [9.17, 15) is 4.79 Å². The molecule has 0 rings (SSSR count). The van der Waals surface area contributed by atoms with Crippen LogP contribution in [0.3, 0.4) is 0 Å². The molecular formula is C4H10O3Pb. The number of carbonyl (C=O) groups excluding carboxylic acids is 1. The zero-order valence-electron chi connectivity index (χ0n) is 4.89. The van der Waals surface area contributed by atoms with Crippen LogP contribution in [0.4, 0.5) is 0 Å². The maximum absolute atomic E-state index is 9.87. The van der Waals surface area contributed by atoms with Crippen LogP contribution < -0.4 is 0 Å². The molecule has 3 nitrogen and oxygen atoms in total. The van der Waals surface area contributed by atoms with Gasteiger partial charge in [-0.3, -0.25) is 4.79 Å². The molecule has 0 atom stereocenters. The second-order valence-electron chi connectivity index (χ2n) is 1.06. The number of carbonyl (C=O) groups is 1. The molecule has 0 saturated carbocycles. The summed E-state index contributed by atoms with van der Waals surface area (Å²) in [6.07, 6.45) is 0. The molecule has 0 aliphatic heterocycles. The van der Waals surface area contributed by atoms with Crippen LogP contribution in [0.25, 0.3) is 0 Å². The minimum atomic E-state index is -0.353. The van der Waals surface area contributed by atoms with E-state index in [2.05, 4.69) is 4.74 Å². The number of hydrogen-bond acceptors (Lipinski definition) is 3. The van der Waals surface area contributed by atoms with Crippen molar-refractivity contribution in [2.45, 2.75) is 6.92 Å². The van der Waals surface area contributed by atoms with Crippen LogP contribution in [-0.4, -0.2) is 51.6 Å². The summed E-state index contributed by atoms with van der Waals surface area (Å²) in [5.74, 6) is -0.353. The molecule has 0 aliphatic rings. The third-order valence-corrected chi connectivity index (χ3v) is 0.397. The second-order valence-corrected chi connectivity index (χ2v) is 1.06. The predicted molar refractivity (Wildman–Crippen MR) is 32.3 cm³/mol. The van der Waals surface area contributed by atoms with Crippen LogP contribution in [0.5, 0.6) is 0 Å². The van der Waals surface area contributed by atoms with E-state index >= 15 is 0 Å². The summed E-state index contributed by atoms with van der Waals surface area (Å²) in [6.45, 7) is 1.31. The first-order chi connectivity index (χ1) is 3.27. The van der Waals surface area contributed by atoms with Crippen LogP contribution in [0, 0.1) is 0 Å². The van der Waals surface area contributed by atoms with E-state index in [0.717, 1.165) is 0 Å². The van der Waals surface area contributed by atoms with E-state index in [1.54, 1.807) is 0 Å². The molecule has 0 fully saturated rings. The van der Waals surface area contributed by atoms with Crippen LogP contribution >= 0.6 is 0 Å². The molecule has 0 aromatic rings. The quantitative estimate of drug-likeness (QED) is 0.505. The fourth-order valence-corrected chi connectivity index (χ4v) is 0.189. The fourth-order valence-electron chi connectivity index (χ4n) is 0.189. The molecular weight excluding hydrogens is 303 g/mol. The van der Waals surface area contributed by atoms with Gasteiger partial charge in [-0.1, -0.05) is 0 Å². The van der Waals surface area contributed by atoms with Crippen LogP contribution in [0.2, 0.25) is 0 Å². The van der Waals surface area contributed by atoms with Gasteiger partial charge in [-0.25, -0.2) is 0 Å². The summed E-state index contributed by atoms with van der Waals surface area (Å²) >= 11 is 0. The van der Waals surface area contributed by atoms with Gasteiger partial charge in [0.1, 0.15) is 6.61 Å². The first-order valence-electron chi connectivity index (χ1n) is 2.01. The Morgan fingerprint density at radius 3 is 2.38 bits per heavy atom. The van der Waals surface area contributed by atoms with Gasteiger partial charge in [-0.15, -0.1) is 0 Å². The minimum absolute atomic E-state index is 0. The molecule has 0 saturated heterocycles. The molecule has 0 bridgehead atoms. The van der Waals surface area contributed by atoms with Gasteiger partial charge in [-0.2, -0.15) is 0 Å². The van der Waals surface area contributed by atoms with E-state index in [-0.39, 0.29) is 46.5 Å². The van der Waals surface area contributed by atoms with Crippen molar-refractivity contribution >= 4 is 33.3 Å². The van der Waals surface area contributed by atoms with E-state index in [4.69, 9.17) is 5.11 Å². The van der Waals surface area contributed by atoms with E-state index in [1.165, 1.54) is 6.92 Å². The molecule has 0 aromatic carbocycles. The Labute approximate surface area is 68.2 Å². The van der Waals surface area contributed by atoms with Crippen molar-refractivity contribution in [1.29, 1.82) is 0 Å². The van der Waals surface area contributed by atoms with Gasteiger partial charge in [0.15, 0.2) is 0 Å². The first kappa shape index (κ1) is 11.2. The van der Waals surface area contributed by atoms with Crippen molar-refractivity contribution in [3.63, 3.8) is 0 Å². The van der Waals surface area contributed by atoms with Crippen molar-refractivity contribution in [2.75, 3.05) is 13.2 Å². The molecule has 0 heterocycles. The van der Waals surface area contributed by atoms with Crippen molar-refractivity contribution < 1.29 is 14.6 Å². The zero-order valence-corrected chi connectivity index (χ0v) is 10.4. The summed E-state index contributed by atoms with van der Waals surface area (Å²) < 4.78 is 4.30. The number of aliphatic hydroxyl groups excluding tert-OH is 1. The van der Waals surface area contributed by atoms with E-state index in [0.29, 0.717) is 0 Å². The topological polar surface area (TPSA) is 46.5 Å². The van der Waals surface area contributed by atoms with Crippen molar-refractivity contribution in [3.8, 4) is 0 Å². The van der Waals surface area contributed by atoms with Gasteiger partial charge >= 0.3 is 33.3 Å². The molecule has 1 N–H and O–H groups in total. The van der Waals surface area contributed by atoms with Crippen molar-refractivity contribution in [1.82, 2.24) is 0 Å². The first-order valence-corrected chi connectivity index (χ1v) is 2.01. The molecule has 0 spiro atoms. The number of rotatable bonds is 2. The standard InChI is InChI=1S/C4H8O3.Pb.2H/c1-4(6)7-3-2-5;;;/h5H,2-3H2,1H3;;;. The van der Waals surface area contributed by atoms with Gasteiger partial charge in [0.25, 0.3) is 0 Å². The van der Waals surface area contributed by atoms with Gasteiger partial charge in [0.2, 0.25) is 0 Å². The molecule has 48 valence electrons. The van der Waals surface area contributed by atoms with Gasteiger partial charge in [-0.05, 0) is 0 Å². The Hall–Kier alpha value is 0.352. The van der Waals surface area contributed by atoms with Crippen LogP contribution in [0.15, 0.2) is 0 Å². The summed E-state index contributed by atoms with van der Waals surface area (Å²) in [5.41, 5.74) is 0. The van der Waals surface area contributed by atoms with E-state index < -0.39 is 0 Å². The number of esters is 1. The SMILES string of the molecule is CC(=O)OCCO.[PbH2]. The summed E-state index contributed by atoms with van der Waals surface area (Å²) in [6, 6.07) is 0. The Morgan fingerprint density at radius 2 is 2.25 bits per heavy atom. The number of aliphatic hydroxyl groups is 1. The Balaban J connectivity index is 0. The molecule has 0 aliphatic carbocycles. The third kappa shape index (κ3) is 9.61.